The fraction of sp³-hybridized carbons (Fsp3) is 0.250. The first kappa shape index (κ1) is 13.7. The van der Waals surface area contributed by atoms with Crippen molar-refractivity contribution in [2.45, 2.75) is 6.42 Å². The second kappa shape index (κ2) is 5.91. The van der Waals surface area contributed by atoms with E-state index in [0.717, 1.165) is 18.0 Å². The first-order valence-electron chi connectivity index (χ1n) is 5.87. The van der Waals surface area contributed by atoms with E-state index in [1.807, 2.05) is 13.2 Å². The number of carboxylic acid groups (broad SMARTS) is 1. The maximum Gasteiger partial charge on any atom is 0.356 e. The number of aromatic nitrogens is 4. The molecule has 2 rings (SSSR count). The number of aromatic carboxylic acids is 1. The van der Waals surface area contributed by atoms with Crippen LogP contribution in [-0.4, -0.2) is 43.3 Å². The highest BCUT2D eigenvalue weighted by Crippen LogP contribution is 1.98. The summed E-state index contributed by atoms with van der Waals surface area (Å²) < 4.78 is 1.69. The number of hydrogen-bond donors (Lipinski definition) is 2. The second-order valence-electron chi connectivity index (χ2n) is 4.12. The molecular formula is C12H13N5O3. The van der Waals surface area contributed by atoms with E-state index in [-0.39, 0.29) is 11.4 Å². The lowest BCUT2D eigenvalue weighted by molar-refractivity contribution is 0.0689. The molecular weight excluding hydrogens is 262 g/mol. The summed E-state index contributed by atoms with van der Waals surface area (Å²) in [5.41, 5.74) is 0.901. The fourth-order valence-electron chi connectivity index (χ4n) is 1.57. The monoisotopic (exact) mass is 275 g/mol. The van der Waals surface area contributed by atoms with Crippen molar-refractivity contribution < 1.29 is 14.7 Å². The molecule has 0 saturated heterocycles. The SMILES string of the molecule is Cn1cc(CCNC(=O)c2cnc(C(=O)O)cn2)cn1. The molecule has 104 valence electrons. The van der Waals surface area contributed by atoms with Crippen LogP contribution in [0.5, 0.6) is 0 Å². The molecule has 0 saturated carbocycles. The van der Waals surface area contributed by atoms with E-state index in [9.17, 15) is 9.59 Å². The minimum Gasteiger partial charge on any atom is -0.476 e. The molecule has 2 aromatic heterocycles. The Balaban J connectivity index is 1.86. The average molecular weight is 275 g/mol. The largest absolute Gasteiger partial charge is 0.476 e. The van der Waals surface area contributed by atoms with Gasteiger partial charge in [-0.05, 0) is 12.0 Å². The second-order valence-corrected chi connectivity index (χ2v) is 4.12. The van der Waals surface area contributed by atoms with Crippen molar-refractivity contribution in [3.8, 4) is 0 Å². The van der Waals surface area contributed by atoms with Crippen LogP contribution in [0.25, 0.3) is 0 Å². The molecule has 0 aliphatic carbocycles. The van der Waals surface area contributed by atoms with Crippen molar-refractivity contribution >= 4 is 11.9 Å². The molecule has 20 heavy (non-hydrogen) atoms. The standard InChI is InChI=1S/C12H13N5O3/c1-17-7-8(4-16-17)2-3-13-11(18)9-5-15-10(6-14-9)12(19)20/h4-7H,2-3H2,1H3,(H,13,18)(H,19,20). The highest BCUT2D eigenvalue weighted by atomic mass is 16.4. The zero-order valence-electron chi connectivity index (χ0n) is 10.8. The van der Waals surface area contributed by atoms with Crippen LogP contribution in [0.1, 0.15) is 26.5 Å². The number of nitrogens with zero attached hydrogens (tertiary/aromatic N) is 4. The van der Waals surface area contributed by atoms with Gasteiger partial charge in [-0.3, -0.25) is 9.48 Å². The van der Waals surface area contributed by atoms with Gasteiger partial charge in [0.25, 0.3) is 5.91 Å². The van der Waals surface area contributed by atoms with Gasteiger partial charge in [0.15, 0.2) is 5.69 Å². The van der Waals surface area contributed by atoms with Crippen molar-refractivity contribution in [3.05, 3.63) is 41.7 Å². The number of rotatable bonds is 5. The molecule has 0 atom stereocenters. The van der Waals surface area contributed by atoms with Gasteiger partial charge in [0, 0.05) is 19.8 Å². The summed E-state index contributed by atoms with van der Waals surface area (Å²) in [5.74, 6) is -1.57. The van der Waals surface area contributed by atoms with Crippen molar-refractivity contribution in [2.24, 2.45) is 7.05 Å². The summed E-state index contributed by atoms with van der Waals surface area (Å²) in [6.45, 7) is 0.437. The first-order valence-corrected chi connectivity index (χ1v) is 5.87. The van der Waals surface area contributed by atoms with Crippen molar-refractivity contribution in [1.29, 1.82) is 0 Å². The zero-order valence-corrected chi connectivity index (χ0v) is 10.8. The van der Waals surface area contributed by atoms with Gasteiger partial charge in [0.2, 0.25) is 0 Å². The Morgan fingerprint density at radius 2 is 1.95 bits per heavy atom. The number of nitrogens with one attached hydrogen (secondary N) is 1. The number of carbonyl (C=O) groups excluding carboxylic acids is 1. The third kappa shape index (κ3) is 3.37. The van der Waals surface area contributed by atoms with Crippen LogP contribution in [0.3, 0.4) is 0 Å². The van der Waals surface area contributed by atoms with Crippen LogP contribution in [0, 0.1) is 0 Å². The number of amides is 1. The molecule has 0 spiro atoms. The summed E-state index contributed by atoms with van der Waals surface area (Å²) in [4.78, 5) is 29.7. The van der Waals surface area contributed by atoms with Gasteiger partial charge < -0.3 is 10.4 Å². The summed E-state index contributed by atoms with van der Waals surface area (Å²) >= 11 is 0. The van der Waals surface area contributed by atoms with Gasteiger partial charge in [0.1, 0.15) is 5.69 Å². The zero-order chi connectivity index (χ0) is 14.5. The summed E-state index contributed by atoms with van der Waals surface area (Å²) in [6, 6.07) is 0. The first-order chi connectivity index (χ1) is 9.56. The Kier molecular flexibility index (Phi) is 4.04. The van der Waals surface area contributed by atoms with Gasteiger partial charge in [-0.1, -0.05) is 0 Å². The molecule has 0 unspecified atom stereocenters. The molecule has 0 bridgehead atoms. The lowest BCUT2D eigenvalue weighted by Crippen LogP contribution is -2.26. The molecule has 8 heteroatoms. The average Bonchev–Trinajstić information content (AvgIpc) is 2.84. The van der Waals surface area contributed by atoms with E-state index >= 15 is 0 Å². The Bertz CT molecular complexity index is 620. The molecule has 1 amide bonds. The molecule has 0 aliphatic heterocycles. The fourth-order valence-corrected chi connectivity index (χ4v) is 1.57. The highest BCUT2D eigenvalue weighted by Gasteiger charge is 2.10. The molecule has 0 fully saturated rings. The lowest BCUT2D eigenvalue weighted by atomic mass is 10.2. The predicted molar refractivity (Wildman–Crippen MR) is 68.2 cm³/mol. The number of aryl methyl sites for hydroxylation is 1. The van der Waals surface area contributed by atoms with Crippen molar-refractivity contribution in [1.82, 2.24) is 25.1 Å². The van der Waals surface area contributed by atoms with E-state index in [2.05, 4.69) is 20.4 Å². The van der Waals surface area contributed by atoms with Crippen LogP contribution in [0.2, 0.25) is 0 Å². The third-order valence-corrected chi connectivity index (χ3v) is 2.56. The minimum atomic E-state index is -1.18. The van der Waals surface area contributed by atoms with Crippen LogP contribution in [0.4, 0.5) is 0 Å². The van der Waals surface area contributed by atoms with Crippen LogP contribution in [0.15, 0.2) is 24.8 Å². The maximum atomic E-state index is 11.7. The van der Waals surface area contributed by atoms with E-state index in [1.54, 1.807) is 10.9 Å². The Hall–Kier alpha value is -2.77. The summed E-state index contributed by atoms with van der Waals surface area (Å²) in [6.07, 6.45) is 6.45. The smallest absolute Gasteiger partial charge is 0.356 e. The minimum absolute atomic E-state index is 0.0844. The Morgan fingerprint density at radius 1 is 1.25 bits per heavy atom. The van der Waals surface area contributed by atoms with Gasteiger partial charge >= 0.3 is 5.97 Å². The van der Waals surface area contributed by atoms with E-state index in [4.69, 9.17) is 5.11 Å². The van der Waals surface area contributed by atoms with E-state index in [0.29, 0.717) is 13.0 Å². The number of carboxylic acids is 1. The molecule has 0 radical (unpaired) electrons. The normalized spacial score (nSPS) is 10.2. The summed E-state index contributed by atoms with van der Waals surface area (Å²) in [7, 11) is 1.82. The summed E-state index contributed by atoms with van der Waals surface area (Å²) in [5, 5.41) is 15.4. The number of carbonyl (C=O) groups is 2. The van der Waals surface area contributed by atoms with Crippen LogP contribution in [-0.2, 0) is 13.5 Å². The van der Waals surface area contributed by atoms with Crippen molar-refractivity contribution in [3.63, 3.8) is 0 Å². The molecule has 0 aliphatic rings. The van der Waals surface area contributed by atoms with Gasteiger partial charge in [-0.15, -0.1) is 0 Å². The van der Waals surface area contributed by atoms with Crippen LogP contribution < -0.4 is 5.32 Å². The topological polar surface area (TPSA) is 110 Å². The Labute approximate surface area is 114 Å². The quantitative estimate of drug-likeness (QED) is 0.787. The number of hydrogen-bond acceptors (Lipinski definition) is 5. The molecule has 2 heterocycles. The van der Waals surface area contributed by atoms with Gasteiger partial charge in [-0.25, -0.2) is 14.8 Å². The molecule has 2 aromatic rings. The third-order valence-electron chi connectivity index (χ3n) is 2.56. The Morgan fingerprint density at radius 3 is 2.50 bits per heavy atom. The van der Waals surface area contributed by atoms with E-state index in [1.165, 1.54) is 0 Å². The molecule has 2 N–H and O–H groups in total. The highest BCUT2D eigenvalue weighted by molar-refractivity contribution is 5.92. The molecule has 8 nitrogen and oxygen atoms in total. The van der Waals surface area contributed by atoms with E-state index < -0.39 is 11.9 Å². The van der Waals surface area contributed by atoms with Crippen molar-refractivity contribution in [2.75, 3.05) is 6.54 Å². The van der Waals surface area contributed by atoms with Gasteiger partial charge in [0.05, 0.1) is 18.6 Å². The lowest BCUT2D eigenvalue weighted by Gasteiger charge is -2.03. The molecule has 0 aromatic carbocycles. The predicted octanol–water partition coefficient (Wildman–Crippen LogP) is -0.119. The maximum absolute atomic E-state index is 11.7. The van der Waals surface area contributed by atoms with Gasteiger partial charge in [-0.2, -0.15) is 5.10 Å². The van der Waals surface area contributed by atoms with Crippen LogP contribution >= 0.6 is 0 Å².